The predicted octanol–water partition coefficient (Wildman–Crippen LogP) is 1.83. The summed E-state index contributed by atoms with van der Waals surface area (Å²) in [5.74, 6) is -0.141. The van der Waals surface area contributed by atoms with E-state index in [2.05, 4.69) is 10.4 Å². The van der Waals surface area contributed by atoms with E-state index in [0.29, 0.717) is 17.1 Å². The van der Waals surface area contributed by atoms with Gasteiger partial charge in [0.1, 0.15) is 0 Å². The van der Waals surface area contributed by atoms with Crippen molar-refractivity contribution in [3.05, 3.63) is 52.8 Å². The normalized spacial score (nSPS) is 11.8. The number of hydrogen-bond acceptors (Lipinski definition) is 3. The molecule has 0 saturated heterocycles. The standard InChI is InChI=1S/C16H20ClN5O2/c1-21(9-11-8-19-22(2)10-11)15(23)7-14(20-16(18)24)12-5-3-4-6-13(12)17/h3-6,8,10,14H,7,9H2,1-2H3,(H3,18,20,24)/t14-/m0/s1. The van der Waals surface area contributed by atoms with Crippen LogP contribution in [0.5, 0.6) is 0 Å². The molecule has 1 aromatic carbocycles. The van der Waals surface area contributed by atoms with Gasteiger partial charge in [-0.05, 0) is 11.6 Å². The van der Waals surface area contributed by atoms with Crippen molar-refractivity contribution in [2.45, 2.75) is 19.0 Å². The number of aromatic nitrogens is 2. The number of aryl methyl sites for hydroxylation is 1. The molecule has 0 aliphatic carbocycles. The van der Waals surface area contributed by atoms with Crippen LogP contribution in [0.1, 0.15) is 23.6 Å². The summed E-state index contributed by atoms with van der Waals surface area (Å²) in [6, 6.07) is 5.75. The average molecular weight is 350 g/mol. The van der Waals surface area contributed by atoms with E-state index < -0.39 is 12.1 Å². The first kappa shape index (κ1) is 17.8. The molecule has 0 spiro atoms. The van der Waals surface area contributed by atoms with Gasteiger partial charge < -0.3 is 16.0 Å². The van der Waals surface area contributed by atoms with E-state index in [-0.39, 0.29) is 12.3 Å². The van der Waals surface area contributed by atoms with Crippen LogP contribution in [0.25, 0.3) is 0 Å². The van der Waals surface area contributed by atoms with Crippen LogP contribution in [-0.2, 0) is 18.4 Å². The van der Waals surface area contributed by atoms with E-state index >= 15 is 0 Å². The third-order valence-electron chi connectivity index (χ3n) is 3.58. The van der Waals surface area contributed by atoms with Crippen molar-refractivity contribution in [1.29, 1.82) is 0 Å². The predicted molar refractivity (Wildman–Crippen MR) is 91.2 cm³/mol. The summed E-state index contributed by atoms with van der Waals surface area (Å²) in [5.41, 5.74) is 6.81. The van der Waals surface area contributed by atoms with Gasteiger partial charge in [0.25, 0.3) is 0 Å². The van der Waals surface area contributed by atoms with E-state index in [4.69, 9.17) is 17.3 Å². The number of rotatable bonds is 6. The van der Waals surface area contributed by atoms with E-state index in [9.17, 15) is 9.59 Å². The van der Waals surface area contributed by atoms with E-state index in [0.717, 1.165) is 5.56 Å². The Morgan fingerprint density at radius 1 is 1.42 bits per heavy atom. The van der Waals surface area contributed by atoms with Crippen molar-refractivity contribution in [3.8, 4) is 0 Å². The molecule has 3 amide bonds. The zero-order chi connectivity index (χ0) is 17.7. The summed E-state index contributed by atoms with van der Waals surface area (Å²) in [4.78, 5) is 25.3. The van der Waals surface area contributed by atoms with Gasteiger partial charge in [-0.3, -0.25) is 9.48 Å². The summed E-state index contributed by atoms with van der Waals surface area (Å²) < 4.78 is 1.68. The van der Waals surface area contributed by atoms with Gasteiger partial charge in [-0.15, -0.1) is 0 Å². The lowest BCUT2D eigenvalue weighted by Crippen LogP contribution is -2.37. The lowest BCUT2D eigenvalue weighted by atomic mass is 10.0. The van der Waals surface area contributed by atoms with Gasteiger partial charge in [0.2, 0.25) is 5.91 Å². The zero-order valence-electron chi connectivity index (χ0n) is 13.6. The number of halogens is 1. The van der Waals surface area contributed by atoms with Crippen molar-refractivity contribution in [2.75, 3.05) is 7.05 Å². The minimum absolute atomic E-state index is 0.0590. The Bertz CT molecular complexity index is 731. The fourth-order valence-corrected chi connectivity index (χ4v) is 2.68. The molecule has 0 fully saturated rings. The Morgan fingerprint density at radius 3 is 2.71 bits per heavy atom. The lowest BCUT2D eigenvalue weighted by molar-refractivity contribution is -0.130. The molecular formula is C16H20ClN5O2. The zero-order valence-corrected chi connectivity index (χ0v) is 14.3. The molecule has 0 unspecified atom stereocenters. The monoisotopic (exact) mass is 349 g/mol. The highest BCUT2D eigenvalue weighted by atomic mass is 35.5. The molecule has 24 heavy (non-hydrogen) atoms. The number of nitrogens with one attached hydrogen (secondary N) is 1. The average Bonchev–Trinajstić information content (AvgIpc) is 2.91. The smallest absolute Gasteiger partial charge is 0.312 e. The highest BCUT2D eigenvalue weighted by Gasteiger charge is 2.22. The number of urea groups is 1. The maximum atomic E-state index is 12.5. The van der Waals surface area contributed by atoms with Crippen molar-refractivity contribution < 1.29 is 9.59 Å². The Balaban J connectivity index is 2.09. The van der Waals surface area contributed by atoms with Crippen LogP contribution in [0.15, 0.2) is 36.7 Å². The molecule has 7 nitrogen and oxygen atoms in total. The molecular weight excluding hydrogens is 330 g/mol. The second kappa shape index (κ2) is 7.83. The third kappa shape index (κ3) is 4.73. The van der Waals surface area contributed by atoms with Crippen molar-refractivity contribution >= 4 is 23.5 Å². The molecule has 0 saturated carbocycles. The fourth-order valence-electron chi connectivity index (χ4n) is 2.41. The van der Waals surface area contributed by atoms with Crippen LogP contribution >= 0.6 is 11.6 Å². The molecule has 0 bridgehead atoms. The van der Waals surface area contributed by atoms with Crippen LogP contribution in [0.3, 0.4) is 0 Å². The summed E-state index contributed by atoms with van der Waals surface area (Å²) >= 11 is 6.17. The van der Waals surface area contributed by atoms with Gasteiger partial charge in [-0.1, -0.05) is 29.8 Å². The molecule has 8 heteroatoms. The molecule has 1 heterocycles. The Hall–Kier alpha value is -2.54. The van der Waals surface area contributed by atoms with Gasteiger partial charge in [0.05, 0.1) is 18.7 Å². The topological polar surface area (TPSA) is 93.2 Å². The molecule has 2 rings (SSSR count). The maximum absolute atomic E-state index is 12.5. The number of benzene rings is 1. The van der Waals surface area contributed by atoms with Crippen LogP contribution in [-0.4, -0.2) is 33.7 Å². The Labute approximate surface area is 145 Å². The molecule has 3 N–H and O–H groups in total. The SMILES string of the molecule is CN(Cc1cnn(C)c1)C(=O)C[C@H](NC(N)=O)c1ccccc1Cl. The van der Waals surface area contributed by atoms with E-state index in [1.54, 1.807) is 47.1 Å². The molecule has 1 atom stereocenters. The molecule has 0 aliphatic heterocycles. The minimum Gasteiger partial charge on any atom is -0.352 e. The number of amides is 3. The molecule has 1 aromatic heterocycles. The Kier molecular flexibility index (Phi) is 5.81. The van der Waals surface area contributed by atoms with Gasteiger partial charge in [0, 0.05) is 37.4 Å². The van der Waals surface area contributed by atoms with Crippen LogP contribution in [0.4, 0.5) is 4.79 Å². The largest absolute Gasteiger partial charge is 0.352 e. The number of carbonyl (C=O) groups is 2. The lowest BCUT2D eigenvalue weighted by Gasteiger charge is -2.22. The number of hydrogen-bond donors (Lipinski definition) is 2. The van der Waals surface area contributed by atoms with Gasteiger partial charge >= 0.3 is 6.03 Å². The van der Waals surface area contributed by atoms with Crippen LogP contribution in [0, 0.1) is 0 Å². The first-order valence-electron chi connectivity index (χ1n) is 7.38. The highest BCUT2D eigenvalue weighted by molar-refractivity contribution is 6.31. The van der Waals surface area contributed by atoms with E-state index in [1.165, 1.54) is 0 Å². The number of nitrogens with zero attached hydrogens (tertiary/aromatic N) is 3. The number of nitrogens with two attached hydrogens (primary N) is 1. The van der Waals surface area contributed by atoms with E-state index in [1.807, 2.05) is 13.2 Å². The molecule has 2 aromatic rings. The second-order valence-electron chi connectivity index (χ2n) is 5.56. The number of carbonyl (C=O) groups excluding carboxylic acids is 2. The maximum Gasteiger partial charge on any atom is 0.312 e. The summed E-state index contributed by atoms with van der Waals surface area (Å²) in [6.07, 6.45) is 3.61. The molecule has 0 radical (unpaired) electrons. The van der Waals surface area contributed by atoms with Crippen LogP contribution in [0.2, 0.25) is 5.02 Å². The first-order chi connectivity index (χ1) is 11.4. The highest BCUT2D eigenvalue weighted by Crippen LogP contribution is 2.25. The fraction of sp³-hybridized carbons (Fsp3) is 0.312. The molecule has 0 aliphatic rings. The number of primary amides is 1. The van der Waals surface area contributed by atoms with Crippen molar-refractivity contribution in [1.82, 2.24) is 20.0 Å². The second-order valence-corrected chi connectivity index (χ2v) is 5.97. The first-order valence-corrected chi connectivity index (χ1v) is 7.76. The summed E-state index contributed by atoms with van der Waals surface area (Å²) in [7, 11) is 3.51. The molecule has 128 valence electrons. The minimum atomic E-state index is -0.706. The quantitative estimate of drug-likeness (QED) is 0.833. The third-order valence-corrected chi connectivity index (χ3v) is 3.92. The summed E-state index contributed by atoms with van der Waals surface area (Å²) in [5, 5.41) is 7.13. The van der Waals surface area contributed by atoms with Crippen molar-refractivity contribution in [2.24, 2.45) is 12.8 Å². The van der Waals surface area contributed by atoms with Gasteiger partial charge in [-0.2, -0.15) is 5.10 Å². The van der Waals surface area contributed by atoms with Gasteiger partial charge in [-0.25, -0.2) is 4.79 Å². The Morgan fingerprint density at radius 2 is 2.12 bits per heavy atom. The van der Waals surface area contributed by atoms with Crippen LogP contribution < -0.4 is 11.1 Å². The summed E-state index contributed by atoms with van der Waals surface area (Å²) in [6.45, 7) is 0.429. The van der Waals surface area contributed by atoms with Gasteiger partial charge in [0.15, 0.2) is 0 Å². The van der Waals surface area contributed by atoms with Crippen molar-refractivity contribution in [3.63, 3.8) is 0 Å².